The van der Waals surface area contributed by atoms with E-state index in [0.717, 1.165) is 25.1 Å². The molecule has 1 aliphatic heterocycles. The van der Waals surface area contributed by atoms with Crippen molar-refractivity contribution < 1.29 is 9.84 Å². The number of nitrogens with one attached hydrogen (secondary N) is 1. The molecule has 0 fully saturated rings. The summed E-state index contributed by atoms with van der Waals surface area (Å²) in [4.78, 5) is 0. The molecule has 4 rings (SSSR count). The van der Waals surface area contributed by atoms with Gasteiger partial charge in [-0.3, -0.25) is 0 Å². The standard InChI is InChI=1S/C20H23NO2/c1-20(2)11-15-9-13(7-8-18(15)23-20)12-21-19-16-6-4-3-5-14(16)10-17(19)22/h3-9,17,19,21-22H,10-12H2,1-2H3/t17-,19+/m0/s1. The third-order valence-electron chi connectivity index (χ3n) is 4.86. The Morgan fingerprint density at radius 3 is 2.87 bits per heavy atom. The summed E-state index contributed by atoms with van der Waals surface area (Å²) in [6.45, 7) is 5.00. The number of fused-ring (bicyclic) bond motifs is 2. The zero-order chi connectivity index (χ0) is 16.0. The van der Waals surface area contributed by atoms with Gasteiger partial charge in [-0.25, -0.2) is 0 Å². The molecule has 23 heavy (non-hydrogen) atoms. The summed E-state index contributed by atoms with van der Waals surface area (Å²) in [6.07, 6.45) is 1.34. The van der Waals surface area contributed by atoms with E-state index in [1.165, 1.54) is 22.3 Å². The van der Waals surface area contributed by atoms with Crippen molar-refractivity contribution in [3.63, 3.8) is 0 Å². The minimum Gasteiger partial charge on any atom is -0.487 e. The topological polar surface area (TPSA) is 41.5 Å². The highest BCUT2D eigenvalue weighted by atomic mass is 16.5. The van der Waals surface area contributed by atoms with E-state index < -0.39 is 0 Å². The monoisotopic (exact) mass is 309 g/mol. The molecule has 0 saturated carbocycles. The third-order valence-corrected chi connectivity index (χ3v) is 4.86. The third kappa shape index (κ3) is 2.75. The average molecular weight is 309 g/mol. The van der Waals surface area contributed by atoms with Gasteiger partial charge in [0.1, 0.15) is 11.4 Å². The molecule has 2 atom stereocenters. The molecular formula is C20H23NO2. The van der Waals surface area contributed by atoms with Crippen molar-refractivity contribution in [1.29, 1.82) is 0 Å². The summed E-state index contributed by atoms with van der Waals surface area (Å²) in [6, 6.07) is 14.7. The minimum atomic E-state index is -0.343. The molecule has 2 N–H and O–H groups in total. The van der Waals surface area contributed by atoms with Crippen LogP contribution in [0.15, 0.2) is 42.5 Å². The van der Waals surface area contributed by atoms with E-state index in [1.807, 2.05) is 12.1 Å². The van der Waals surface area contributed by atoms with E-state index in [9.17, 15) is 5.11 Å². The first-order valence-corrected chi connectivity index (χ1v) is 8.32. The predicted octanol–water partition coefficient (Wildman–Crippen LogP) is 3.15. The zero-order valence-electron chi connectivity index (χ0n) is 13.7. The van der Waals surface area contributed by atoms with Crippen LogP contribution in [0, 0.1) is 0 Å². The van der Waals surface area contributed by atoms with Crippen molar-refractivity contribution >= 4 is 0 Å². The average Bonchev–Trinajstić information content (AvgIpc) is 2.98. The number of ether oxygens (including phenoxy) is 1. The van der Waals surface area contributed by atoms with Crippen molar-refractivity contribution in [2.24, 2.45) is 0 Å². The van der Waals surface area contributed by atoms with Crippen molar-refractivity contribution in [1.82, 2.24) is 5.32 Å². The Balaban J connectivity index is 1.49. The van der Waals surface area contributed by atoms with Crippen LogP contribution in [0.1, 0.15) is 42.1 Å². The van der Waals surface area contributed by atoms with Gasteiger partial charge in [0.2, 0.25) is 0 Å². The van der Waals surface area contributed by atoms with Gasteiger partial charge in [0.05, 0.1) is 12.1 Å². The van der Waals surface area contributed by atoms with Crippen LogP contribution in [-0.2, 0) is 19.4 Å². The van der Waals surface area contributed by atoms with Crippen LogP contribution in [-0.4, -0.2) is 16.8 Å². The van der Waals surface area contributed by atoms with Crippen LogP contribution >= 0.6 is 0 Å². The molecule has 3 heteroatoms. The summed E-state index contributed by atoms with van der Waals surface area (Å²) in [7, 11) is 0. The van der Waals surface area contributed by atoms with Crippen molar-refractivity contribution in [3.05, 3.63) is 64.7 Å². The molecule has 0 radical (unpaired) electrons. The summed E-state index contributed by atoms with van der Waals surface area (Å²) >= 11 is 0. The molecular weight excluding hydrogens is 286 g/mol. The fraction of sp³-hybridized carbons (Fsp3) is 0.400. The van der Waals surface area contributed by atoms with E-state index in [2.05, 4.69) is 49.5 Å². The van der Waals surface area contributed by atoms with E-state index >= 15 is 0 Å². The first kappa shape index (κ1) is 14.7. The number of benzene rings is 2. The van der Waals surface area contributed by atoms with Gasteiger partial charge in [0.15, 0.2) is 0 Å². The van der Waals surface area contributed by atoms with Gasteiger partial charge in [0, 0.05) is 19.4 Å². The molecule has 2 aromatic carbocycles. The van der Waals surface area contributed by atoms with Crippen molar-refractivity contribution in [2.75, 3.05) is 0 Å². The summed E-state index contributed by atoms with van der Waals surface area (Å²) < 4.78 is 5.93. The van der Waals surface area contributed by atoms with Gasteiger partial charge >= 0.3 is 0 Å². The van der Waals surface area contributed by atoms with Gasteiger partial charge in [-0.05, 0) is 42.2 Å². The van der Waals surface area contributed by atoms with Gasteiger partial charge in [-0.2, -0.15) is 0 Å². The van der Waals surface area contributed by atoms with Crippen LogP contribution < -0.4 is 10.1 Å². The maximum absolute atomic E-state index is 10.3. The summed E-state index contributed by atoms with van der Waals surface area (Å²) in [5.41, 5.74) is 4.89. The lowest BCUT2D eigenvalue weighted by atomic mass is 10.00. The quantitative estimate of drug-likeness (QED) is 0.915. The highest BCUT2D eigenvalue weighted by Crippen LogP contribution is 2.36. The highest BCUT2D eigenvalue weighted by Gasteiger charge is 2.31. The molecule has 2 aromatic rings. The van der Waals surface area contributed by atoms with Gasteiger partial charge in [0.25, 0.3) is 0 Å². The summed E-state index contributed by atoms with van der Waals surface area (Å²) in [5.74, 6) is 1.00. The lowest BCUT2D eigenvalue weighted by Crippen LogP contribution is -2.28. The van der Waals surface area contributed by atoms with Gasteiger partial charge in [-0.1, -0.05) is 36.4 Å². The Bertz CT molecular complexity index is 738. The zero-order valence-corrected chi connectivity index (χ0v) is 13.7. The highest BCUT2D eigenvalue weighted by molar-refractivity contribution is 5.42. The first-order valence-electron chi connectivity index (χ1n) is 8.32. The lowest BCUT2D eigenvalue weighted by Gasteiger charge is -2.18. The lowest BCUT2D eigenvalue weighted by molar-refractivity contribution is 0.138. The maximum Gasteiger partial charge on any atom is 0.123 e. The van der Waals surface area contributed by atoms with Crippen LogP contribution in [0.5, 0.6) is 5.75 Å². The number of aliphatic hydroxyl groups is 1. The molecule has 3 nitrogen and oxygen atoms in total. The smallest absolute Gasteiger partial charge is 0.123 e. The number of rotatable bonds is 3. The van der Waals surface area contributed by atoms with Crippen molar-refractivity contribution in [2.45, 2.75) is 51.0 Å². The molecule has 1 aliphatic carbocycles. The van der Waals surface area contributed by atoms with E-state index in [4.69, 9.17) is 4.74 Å². The number of hydrogen-bond donors (Lipinski definition) is 2. The van der Waals surface area contributed by atoms with Crippen LogP contribution in [0.3, 0.4) is 0 Å². The Labute approximate surface area is 137 Å². The maximum atomic E-state index is 10.3. The molecule has 0 saturated heterocycles. The molecule has 1 heterocycles. The second-order valence-electron chi connectivity index (χ2n) is 7.31. The number of aliphatic hydroxyl groups excluding tert-OH is 1. The molecule has 0 bridgehead atoms. The SMILES string of the molecule is CC1(C)Cc2cc(CN[C@@H]3c4ccccc4C[C@@H]3O)ccc2O1. The molecule has 0 unspecified atom stereocenters. The van der Waals surface area contributed by atoms with E-state index in [-0.39, 0.29) is 17.7 Å². The minimum absolute atomic E-state index is 0.0205. The molecule has 0 aromatic heterocycles. The molecule has 0 spiro atoms. The second kappa shape index (κ2) is 5.36. The number of hydrogen-bond acceptors (Lipinski definition) is 3. The normalized spacial score (nSPS) is 24.1. The Morgan fingerprint density at radius 2 is 2.00 bits per heavy atom. The van der Waals surface area contributed by atoms with E-state index in [1.54, 1.807) is 0 Å². The van der Waals surface area contributed by atoms with Crippen LogP contribution in [0.2, 0.25) is 0 Å². The fourth-order valence-electron chi connectivity index (χ4n) is 3.82. The van der Waals surface area contributed by atoms with Gasteiger partial charge < -0.3 is 15.2 Å². The van der Waals surface area contributed by atoms with E-state index in [0.29, 0.717) is 0 Å². The summed E-state index contributed by atoms with van der Waals surface area (Å²) in [5, 5.41) is 13.9. The Morgan fingerprint density at radius 1 is 1.17 bits per heavy atom. The first-order chi connectivity index (χ1) is 11.0. The Hall–Kier alpha value is -1.84. The largest absolute Gasteiger partial charge is 0.487 e. The fourth-order valence-corrected chi connectivity index (χ4v) is 3.82. The van der Waals surface area contributed by atoms with Crippen molar-refractivity contribution in [3.8, 4) is 5.75 Å². The second-order valence-corrected chi connectivity index (χ2v) is 7.31. The molecule has 0 amide bonds. The molecule has 2 aliphatic rings. The predicted molar refractivity (Wildman–Crippen MR) is 90.6 cm³/mol. The van der Waals surface area contributed by atoms with Crippen LogP contribution in [0.4, 0.5) is 0 Å². The van der Waals surface area contributed by atoms with Crippen LogP contribution in [0.25, 0.3) is 0 Å². The Kier molecular flexibility index (Phi) is 3.43. The molecule has 120 valence electrons. The van der Waals surface area contributed by atoms with Gasteiger partial charge in [-0.15, -0.1) is 0 Å².